The lowest BCUT2D eigenvalue weighted by atomic mass is 10.1. The highest BCUT2D eigenvalue weighted by atomic mass is 32.2. The van der Waals surface area contributed by atoms with Crippen molar-refractivity contribution in [2.75, 3.05) is 13.4 Å². The normalized spacial score (nSPS) is 11.1. The summed E-state index contributed by atoms with van der Waals surface area (Å²) in [6.07, 6.45) is 1.17. The van der Waals surface area contributed by atoms with Gasteiger partial charge in [0, 0.05) is 12.8 Å². The zero-order valence-electron chi connectivity index (χ0n) is 13.4. The van der Waals surface area contributed by atoms with Crippen LogP contribution in [-0.4, -0.2) is 32.8 Å². The van der Waals surface area contributed by atoms with E-state index in [4.69, 9.17) is 4.74 Å². The maximum absolute atomic E-state index is 12.2. The molecule has 0 aliphatic heterocycles. The van der Waals surface area contributed by atoms with Crippen LogP contribution < -0.4 is 10.1 Å². The molecule has 0 aliphatic rings. The predicted molar refractivity (Wildman–Crippen MR) is 90.8 cm³/mol. The van der Waals surface area contributed by atoms with Crippen molar-refractivity contribution in [2.45, 2.75) is 12.3 Å². The minimum atomic E-state index is -3.12. The highest BCUT2D eigenvalue weighted by molar-refractivity contribution is 7.89. The average molecular weight is 349 g/mol. The molecule has 2 N–H and O–H groups in total. The van der Waals surface area contributed by atoms with Crippen LogP contribution in [0.3, 0.4) is 0 Å². The first-order chi connectivity index (χ1) is 11.3. The summed E-state index contributed by atoms with van der Waals surface area (Å²) >= 11 is 0. The van der Waals surface area contributed by atoms with Crippen molar-refractivity contribution in [3.05, 3.63) is 59.2 Å². The lowest BCUT2D eigenvalue weighted by Crippen LogP contribution is -2.23. The van der Waals surface area contributed by atoms with Gasteiger partial charge in [0.1, 0.15) is 0 Å². The Labute approximate surface area is 141 Å². The molecule has 0 fully saturated rings. The number of amides is 1. The van der Waals surface area contributed by atoms with Crippen LogP contribution in [-0.2, 0) is 22.1 Å². The number of hydrogen-bond acceptors (Lipinski definition) is 5. The Balaban J connectivity index is 2.08. The van der Waals surface area contributed by atoms with E-state index < -0.39 is 15.7 Å². The number of phenols is 1. The van der Waals surface area contributed by atoms with Crippen molar-refractivity contribution in [1.82, 2.24) is 5.32 Å². The number of ether oxygens (including phenoxy) is 1. The first-order valence-corrected chi connectivity index (χ1v) is 9.26. The molecule has 0 aliphatic carbocycles. The molecular weight excluding hydrogens is 330 g/mol. The van der Waals surface area contributed by atoms with E-state index in [0.29, 0.717) is 5.56 Å². The van der Waals surface area contributed by atoms with Gasteiger partial charge in [-0.05, 0) is 23.3 Å². The first-order valence-electron chi connectivity index (χ1n) is 7.20. The van der Waals surface area contributed by atoms with Gasteiger partial charge in [-0.25, -0.2) is 8.42 Å². The van der Waals surface area contributed by atoms with Crippen LogP contribution in [0.5, 0.6) is 11.5 Å². The Morgan fingerprint density at radius 2 is 1.83 bits per heavy atom. The number of phenolic OH excluding ortho intramolecular Hbond substituents is 1. The fourth-order valence-electron chi connectivity index (χ4n) is 2.28. The van der Waals surface area contributed by atoms with Gasteiger partial charge in [0.15, 0.2) is 21.3 Å². The quantitative estimate of drug-likeness (QED) is 0.831. The molecule has 0 radical (unpaired) electrons. The molecule has 0 saturated heterocycles. The van der Waals surface area contributed by atoms with Gasteiger partial charge in [-0.15, -0.1) is 0 Å². The van der Waals surface area contributed by atoms with E-state index in [2.05, 4.69) is 5.32 Å². The van der Waals surface area contributed by atoms with Crippen LogP contribution in [0.25, 0.3) is 0 Å². The van der Waals surface area contributed by atoms with Crippen molar-refractivity contribution < 1.29 is 23.1 Å². The van der Waals surface area contributed by atoms with Crippen molar-refractivity contribution >= 4 is 15.7 Å². The van der Waals surface area contributed by atoms with E-state index in [-0.39, 0.29) is 29.4 Å². The van der Waals surface area contributed by atoms with Gasteiger partial charge in [-0.3, -0.25) is 4.79 Å². The second-order valence-electron chi connectivity index (χ2n) is 5.43. The summed E-state index contributed by atoms with van der Waals surface area (Å²) in [5.74, 6) is -0.494. The molecule has 0 bridgehead atoms. The number of carbonyl (C=O) groups is 1. The van der Waals surface area contributed by atoms with Crippen molar-refractivity contribution in [2.24, 2.45) is 0 Å². The maximum Gasteiger partial charge on any atom is 0.255 e. The van der Waals surface area contributed by atoms with Gasteiger partial charge in [-0.2, -0.15) is 0 Å². The number of rotatable bonds is 6. The number of carbonyl (C=O) groups excluding carboxylic acids is 1. The summed E-state index contributed by atoms with van der Waals surface area (Å²) in [7, 11) is -1.71. The molecule has 1 amide bonds. The third kappa shape index (κ3) is 4.73. The monoisotopic (exact) mass is 349 g/mol. The van der Waals surface area contributed by atoms with Crippen molar-refractivity contribution in [1.29, 1.82) is 0 Å². The van der Waals surface area contributed by atoms with Gasteiger partial charge < -0.3 is 15.2 Å². The highest BCUT2D eigenvalue weighted by Gasteiger charge is 2.14. The number of sulfone groups is 1. The first kappa shape index (κ1) is 17.8. The molecule has 7 heteroatoms. The SMILES string of the molecule is COc1cccc(C(=O)NCc2cccc(CS(C)(=O)=O)c2)c1O. The van der Waals surface area contributed by atoms with Gasteiger partial charge in [0.25, 0.3) is 5.91 Å². The molecule has 6 nitrogen and oxygen atoms in total. The molecule has 2 aromatic rings. The van der Waals surface area contributed by atoms with Crippen LogP contribution in [0, 0.1) is 0 Å². The van der Waals surface area contributed by atoms with Crippen LogP contribution >= 0.6 is 0 Å². The zero-order valence-corrected chi connectivity index (χ0v) is 14.3. The van der Waals surface area contributed by atoms with Crippen LogP contribution in [0.1, 0.15) is 21.5 Å². The fourth-order valence-corrected chi connectivity index (χ4v) is 3.07. The third-order valence-corrected chi connectivity index (χ3v) is 4.19. The number of hydrogen-bond donors (Lipinski definition) is 2. The Hall–Kier alpha value is -2.54. The lowest BCUT2D eigenvalue weighted by molar-refractivity contribution is 0.0947. The summed E-state index contributed by atoms with van der Waals surface area (Å²) in [6, 6.07) is 11.6. The van der Waals surface area contributed by atoms with Crippen LogP contribution in [0.4, 0.5) is 0 Å². The summed E-state index contributed by atoms with van der Waals surface area (Å²) in [5, 5.41) is 12.7. The average Bonchev–Trinajstić information content (AvgIpc) is 2.51. The summed E-state index contributed by atoms with van der Waals surface area (Å²) < 4.78 is 27.7. The third-order valence-electron chi connectivity index (χ3n) is 3.34. The Bertz CT molecular complexity index is 846. The van der Waals surface area contributed by atoms with E-state index >= 15 is 0 Å². The number of aromatic hydroxyl groups is 1. The molecule has 0 atom stereocenters. The second kappa shape index (κ2) is 7.35. The molecule has 0 unspecified atom stereocenters. The van der Waals surface area contributed by atoms with Gasteiger partial charge >= 0.3 is 0 Å². The largest absolute Gasteiger partial charge is 0.504 e. The Morgan fingerprint density at radius 1 is 1.17 bits per heavy atom. The summed E-state index contributed by atoms with van der Waals surface area (Å²) in [4.78, 5) is 12.2. The molecule has 0 saturated carbocycles. The molecule has 0 aromatic heterocycles. The minimum absolute atomic E-state index is 0.0501. The van der Waals surface area contributed by atoms with Crippen molar-refractivity contribution in [3.8, 4) is 11.5 Å². The molecule has 0 spiro atoms. The van der Waals surface area contributed by atoms with Crippen LogP contribution in [0.2, 0.25) is 0 Å². The van der Waals surface area contributed by atoms with Crippen LogP contribution in [0.15, 0.2) is 42.5 Å². The minimum Gasteiger partial charge on any atom is -0.504 e. The number of para-hydroxylation sites is 1. The topological polar surface area (TPSA) is 92.7 Å². The molecule has 2 aromatic carbocycles. The Kier molecular flexibility index (Phi) is 5.46. The number of benzene rings is 2. The smallest absolute Gasteiger partial charge is 0.255 e. The molecule has 128 valence electrons. The zero-order chi connectivity index (χ0) is 17.7. The second-order valence-corrected chi connectivity index (χ2v) is 7.57. The highest BCUT2D eigenvalue weighted by Crippen LogP contribution is 2.29. The van der Waals surface area contributed by atoms with Gasteiger partial charge in [0.2, 0.25) is 0 Å². The van der Waals surface area contributed by atoms with E-state index in [1.54, 1.807) is 36.4 Å². The standard InChI is InChI=1S/C17H19NO5S/c1-23-15-8-4-7-14(16(15)19)17(20)18-10-12-5-3-6-13(9-12)11-24(2,21)22/h3-9,19H,10-11H2,1-2H3,(H,18,20). The Morgan fingerprint density at radius 3 is 2.50 bits per heavy atom. The fraction of sp³-hybridized carbons (Fsp3) is 0.235. The van der Waals surface area contributed by atoms with E-state index in [1.807, 2.05) is 0 Å². The number of methoxy groups -OCH3 is 1. The van der Waals surface area contributed by atoms with E-state index in [9.17, 15) is 18.3 Å². The molecular formula is C17H19NO5S. The van der Waals surface area contributed by atoms with E-state index in [1.165, 1.54) is 19.4 Å². The predicted octanol–water partition coefficient (Wildman–Crippen LogP) is 1.88. The molecule has 0 heterocycles. The van der Waals surface area contributed by atoms with Gasteiger partial charge in [0.05, 0.1) is 18.4 Å². The molecule has 2 rings (SSSR count). The lowest BCUT2D eigenvalue weighted by Gasteiger charge is -2.10. The maximum atomic E-state index is 12.2. The summed E-state index contributed by atoms with van der Waals surface area (Å²) in [6.45, 7) is 0.215. The number of nitrogens with one attached hydrogen (secondary N) is 1. The van der Waals surface area contributed by atoms with E-state index in [0.717, 1.165) is 5.56 Å². The van der Waals surface area contributed by atoms with Gasteiger partial charge in [-0.1, -0.05) is 30.3 Å². The summed E-state index contributed by atoms with van der Waals surface area (Å²) in [5.41, 5.74) is 1.54. The molecule has 24 heavy (non-hydrogen) atoms. The van der Waals surface area contributed by atoms with Crippen molar-refractivity contribution in [3.63, 3.8) is 0 Å².